The number of halogens is 2. The Morgan fingerprint density at radius 1 is 1.04 bits per heavy atom. The highest BCUT2D eigenvalue weighted by atomic mass is 35.5. The van der Waals surface area contributed by atoms with Gasteiger partial charge < -0.3 is 4.74 Å². The molecule has 0 saturated carbocycles. The van der Waals surface area contributed by atoms with Crippen molar-refractivity contribution in [3.63, 3.8) is 0 Å². The monoisotopic (exact) mass is 379 g/mol. The number of hydrazone groups is 1. The predicted molar refractivity (Wildman–Crippen MR) is 101 cm³/mol. The van der Waals surface area contributed by atoms with Crippen LogP contribution in [0.15, 0.2) is 72.1 Å². The summed E-state index contributed by atoms with van der Waals surface area (Å²) in [5, 5.41) is 7.46. The van der Waals surface area contributed by atoms with Gasteiger partial charge in [0.15, 0.2) is 0 Å². The van der Waals surface area contributed by atoms with E-state index in [9.17, 15) is 4.39 Å². The normalized spacial score (nSPS) is 20.5. The Morgan fingerprint density at radius 3 is 2.59 bits per heavy atom. The second-order valence-electron chi connectivity index (χ2n) is 6.59. The van der Waals surface area contributed by atoms with Crippen molar-refractivity contribution < 1.29 is 9.13 Å². The van der Waals surface area contributed by atoms with Crippen molar-refractivity contribution in [3.05, 3.63) is 94.5 Å². The van der Waals surface area contributed by atoms with E-state index in [4.69, 9.17) is 21.4 Å². The van der Waals surface area contributed by atoms with Crippen LogP contribution in [0.5, 0.6) is 5.75 Å². The summed E-state index contributed by atoms with van der Waals surface area (Å²) in [5.41, 5.74) is 3.78. The maximum Gasteiger partial charge on any atom is 0.213 e. The molecule has 134 valence electrons. The summed E-state index contributed by atoms with van der Waals surface area (Å²) in [5.74, 6) is 0.545. The van der Waals surface area contributed by atoms with Crippen LogP contribution in [0.2, 0.25) is 5.02 Å². The molecule has 0 fully saturated rings. The van der Waals surface area contributed by atoms with Gasteiger partial charge in [-0.25, -0.2) is 9.40 Å². The maximum absolute atomic E-state index is 13.3. The topological polar surface area (TPSA) is 37.7 Å². The molecule has 0 radical (unpaired) electrons. The van der Waals surface area contributed by atoms with E-state index in [0.717, 1.165) is 28.2 Å². The lowest BCUT2D eigenvalue weighted by Crippen LogP contribution is -2.33. The van der Waals surface area contributed by atoms with Crippen molar-refractivity contribution in [2.24, 2.45) is 5.10 Å². The Labute approximate surface area is 160 Å². The zero-order chi connectivity index (χ0) is 18.4. The van der Waals surface area contributed by atoms with Crippen LogP contribution in [0.3, 0.4) is 0 Å². The lowest BCUT2D eigenvalue weighted by molar-refractivity contribution is -0.0190. The number of aromatic nitrogens is 1. The van der Waals surface area contributed by atoms with Gasteiger partial charge in [0.1, 0.15) is 11.6 Å². The summed E-state index contributed by atoms with van der Waals surface area (Å²) < 4.78 is 19.6. The molecule has 0 amide bonds. The van der Waals surface area contributed by atoms with Gasteiger partial charge in [-0.3, -0.25) is 4.98 Å². The molecule has 2 unspecified atom stereocenters. The van der Waals surface area contributed by atoms with Gasteiger partial charge in [0.05, 0.1) is 11.8 Å². The predicted octanol–water partition coefficient (Wildman–Crippen LogP) is 5.12. The molecule has 5 rings (SSSR count). The van der Waals surface area contributed by atoms with E-state index in [1.165, 1.54) is 12.1 Å². The molecule has 0 aliphatic carbocycles. The second kappa shape index (κ2) is 6.35. The number of benzene rings is 2. The van der Waals surface area contributed by atoms with Crippen LogP contribution in [0.25, 0.3) is 0 Å². The third kappa shape index (κ3) is 2.84. The smallest absolute Gasteiger partial charge is 0.213 e. The number of fused-ring (bicyclic) bond motifs is 3. The largest absolute Gasteiger partial charge is 0.464 e. The number of hydrogen-bond acceptors (Lipinski definition) is 4. The van der Waals surface area contributed by atoms with Gasteiger partial charge in [-0.05, 0) is 48.0 Å². The summed E-state index contributed by atoms with van der Waals surface area (Å²) >= 11 is 6.23. The third-order valence-corrected chi connectivity index (χ3v) is 5.16. The average Bonchev–Trinajstić information content (AvgIpc) is 3.14. The highest BCUT2D eigenvalue weighted by Crippen LogP contribution is 2.48. The van der Waals surface area contributed by atoms with Gasteiger partial charge in [-0.2, -0.15) is 5.10 Å². The van der Waals surface area contributed by atoms with Crippen molar-refractivity contribution >= 4 is 17.3 Å². The molecule has 2 atom stereocenters. The van der Waals surface area contributed by atoms with E-state index >= 15 is 0 Å². The van der Waals surface area contributed by atoms with Gasteiger partial charge in [-0.15, -0.1) is 0 Å². The summed E-state index contributed by atoms with van der Waals surface area (Å²) in [6.07, 6.45) is 3.83. The fourth-order valence-electron chi connectivity index (χ4n) is 3.62. The first-order valence-corrected chi connectivity index (χ1v) is 9.04. The zero-order valence-corrected chi connectivity index (χ0v) is 15.0. The Hall–Kier alpha value is -2.92. The first-order valence-electron chi connectivity index (χ1n) is 8.67. The summed E-state index contributed by atoms with van der Waals surface area (Å²) in [6.45, 7) is 0. The second-order valence-corrected chi connectivity index (χ2v) is 7.02. The van der Waals surface area contributed by atoms with Crippen LogP contribution in [-0.2, 0) is 0 Å². The molecule has 6 heteroatoms. The molecular formula is C21H15ClFN3O. The molecule has 0 N–H and O–H groups in total. The van der Waals surface area contributed by atoms with Crippen LogP contribution in [0.4, 0.5) is 4.39 Å². The minimum absolute atomic E-state index is 0.00525. The van der Waals surface area contributed by atoms with Crippen molar-refractivity contribution in [1.29, 1.82) is 0 Å². The van der Waals surface area contributed by atoms with Gasteiger partial charge in [0, 0.05) is 35.0 Å². The average molecular weight is 380 g/mol. The molecule has 27 heavy (non-hydrogen) atoms. The lowest BCUT2D eigenvalue weighted by atomic mass is 9.96. The van der Waals surface area contributed by atoms with Gasteiger partial charge >= 0.3 is 0 Å². The van der Waals surface area contributed by atoms with Crippen LogP contribution >= 0.6 is 11.6 Å². The van der Waals surface area contributed by atoms with Crippen LogP contribution < -0.4 is 4.74 Å². The highest BCUT2D eigenvalue weighted by Gasteiger charge is 2.41. The fraction of sp³-hybridized carbons (Fsp3) is 0.143. The molecule has 0 bridgehead atoms. The highest BCUT2D eigenvalue weighted by molar-refractivity contribution is 6.30. The molecule has 1 aromatic heterocycles. The van der Waals surface area contributed by atoms with Gasteiger partial charge in [0.25, 0.3) is 0 Å². The van der Waals surface area contributed by atoms with Crippen LogP contribution in [0.1, 0.15) is 35.4 Å². The van der Waals surface area contributed by atoms with Gasteiger partial charge in [-0.1, -0.05) is 23.7 Å². The molecule has 2 aromatic carbocycles. The van der Waals surface area contributed by atoms with E-state index in [0.29, 0.717) is 11.4 Å². The van der Waals surface area contributed by atoms with Crippen molar-refractivity contribution in [2.75, 3.05) is 0 Å². The Bertz CT molecular complexity index is 1020. The number of nitrogens with zero attached hydrogens (tertiary/aromatic N) is 3. The number of hydrogen-bond donors (Lipinski definition) is 0. The molecule has 0 saturated heterocycles. The minimum atomic E-state index is -0.357. The van der Waals surface area contributed by atoms with E-state index in [1.807, 2.05) is 35.3 Å². The number of rotatable bonds is 2. The van der Waals surface area contributed by atoms with Crippen molar-refractivity contribution in [3.8, 4) is 5.75 Å². The van der Waals surface area contributed by atoms with Gasteiger partial charge in [0.2, 0.25) is 6.23 Å². The minimum Gasteiger partial charge on any atom is -0.464 e. The van der Waals surface area contributed by atoms with E-state index in [2.05, 4.69) is 4.98 Å². The molecule has 2 aliphatic heterocycles. The lowest BCUT2D eigenvalue weighted by Gasteiger charge is -2.38. The molecule has 4 nitrogen and oxygen atoms in total. The summed E-state index contributed by atoms with van der Waals surface area (Å²) in [4.78, 5) is 4.09. The molecular weight excluding hydrogens is 365 g/mol. The van der Waals surface area contributed by atoms with E-state index < -0.39 is 0 Å². The Balaban J connectivity index is 1.60. The first kappa shape index (κ1) is 16.3. The molecule has 3 aromatic rings. The van der Waals surface area contributed by atoms with E-state index in [1.54, 1.807) is 24.5 Å². The Morgan fingerprint density at radius 2 is 1.81 bits per heavy atom. The third-order valence-electron chi connectivity index (χ3n) is 4.92. The molecule has 0 spiro atoms. The SMILES string of the molecule is Fc1ccc(C2=NN3C(C2)c2cc(Cl)ccc2OC3c2ccncc2)cc1. The molecule has 3 heterocycles. The first-order chi connectivity index (χ1) is 13.2. The van der Waals surface area contributed by atoms with E-state index in [-0.39, 0.29) is 18.1 Å². The fourth-order valence-corrected chi connectivity index (χ4v) is 3.80. The number of pyridine rings is 1. The standard InChI is InChI=1S/C21H15ClFN3O/c22-15-3-6-20-17(11-15)19-12-18(13-1-4-16(23)5-2-13)25-26(19)21(27-20)14-7-9-24-10-8-14/h1-11,19,21H,12H2. The molecule has 2 aliphatic rings. The quantitative estimate of drug-likeness (QED) is 0.620. The van der Waals surface area contributed by atoms with Crippen LogP contribution in [-0.4, -0.2) is 15.7 Å². The van der Waals surface area contributed by atoms with Crippen molar-refractivity contribution in [1.82, 2.24) is 9.99 Å². The Kier molecular flexibility index (Phi) is 3.83. The van der Waals surface area contributed by atoms with Crippen molar-refractivity contribution in [2.45, 2.75) is 18.7 Å². The van der Waals surface area contributed by atoms with Crippen LogP contribution in [0, 0.1) is 5.82 Å². The zero-order valence-electron chi connectivity index (χ0n) is 14.2. The number of ether oxygens (including phenoxy) is 1. The maximum atomic E-state index is 13.3. The summed E-state index contributed by atoms with van der Waals surface area (Å²) in [7, 11) is 0. The summed E-state index contributed by atoms with van der Waals surface area (Å²) in [6, 6.07) is 15.9.